The summed E-state index contributed by atoms with van der Waals surface area (Å²) >= 11 is 0. The molecule has 1 amide bonds. The van der Waals surface area contributed by atoms with Gasteiger partial charge in [-0.05, 0) is 48.9 Å². The Balaban J connectivity index is 1.96. The Labute approximate surface area is 145 Å². The first kappa shape index (κ1) is 18.1. The van der Waals surface area contributed by atoms with Gasteiger partial charge in [0.2, 0.25) is 0 Å². The van der Waals surface area contributed by atoms with E-state index in [0.717, 1.165) is 0 Å². The second-order valence-corrected chi connectivity index (χ2v) is 5.56. The van der Waals surface area contributed by atoms with Crippen LogP contribution in [0.25, 0.3) is 0 Å². The molecule has 1 atom stereocenters. The summed E-state index contributed by atoms with van der Waals surface area (Å²) in [7, 11) is 1.55. The minimum atomic E-state index is -0.985. The van der Waals surface area contributed by atoms with E-state index in [9.17, 15) is 14.0 Å². The second-order valence-electron chi connectivity index (χ2n) is 5.56. The van der Waals surface area contributed by atoms with Gasteiger partial charge in [-0.25, -0.2) is 9.18 Å². The number of nitrogens with zero attached hydrogens (tertiary/aromatic N) is 2. The van der Waals surface area contributed by atoms with Gasteiger partial charge in [0, 0.05) is 13.6 Å². The molecule has 0 fully saturated rings. The van der Waals surface area contributed by atoms with E-state index in [4.69, 9.17) is 10.00 Å². The topological polar surface area (TPSA) is 70.4 Å². The van der Waals surface area contributed by atoms with Gasteiger partial charge in [-0.1, -0.05) is 12.1 Å². The largest absolute Gasteiger partial charge is 0.449 e. The molecule has 6 heteroatoms. The molecule has 0 bridgehead atoms. The van der Waals surface area contributed by atoms with Crippen molar-refractivity contribution in [3.05, 3.63) is 71.0 Å². The van der Waals surface area contributed by atoms with Gasteiger partial charge in [0.25, 0.3) is 5.91 Å². The third-order valence-electron chi connectivity index (χ3n) is 3.57. The van der Waals surface area contributed by atoms with Crippen molar-refractivity contribution in [3.8, 4) is 6.07 Å². The zero-order chi connectivity index (χ0) is 18.4. The van der Waals surface area contributed by atoms with E-state index >= 15 is 0 Å². The first-order chi connectivity index (χ1) is 11.9. The molecule has 1 unspecified atom stereocenters. The fourth-order valence-corrected chi connectivity index (χ4v) is 2.26. The summed E-state index contributed by atoms with van der Waals surface area (Å²) in [6, 6.07) is 13.8. The van der Waals surface area contributed by atoms with E-state index in [2.05, 4.69) is 0 Å². The number of likely N-dealkylation sites (N-methyl/N-ethyl adjacent to an activating group) is 1. The highest BCUT2D eigenvalue weighted by atomic mass is 19.1. The van der Waals surface area contributed by atoms with Gasteiger partial charge < -0.3 is 9.64 Å². The van der Waals surface area contributed by atoms with Crippen LogP contribution in [0.15, 0.2) is 48.5 Å². The molecule has 2 aromatic rings. The molecule has 25 heavy (non-hydrogen) atoms. The molecule has 0 aliphatic heterocycles. The van der Waals surface area contributed by atoms with Crippen molar-refractivity contribution in [1.29, 1.82) is 5.26 Å². The van der Waals surface area contributed by atoms with E-state index in [-0.39, 0.29) is 17.9 Å². The first-order valence-corrected chi connectivity index (χ1v) is 7.61. The lowest BCUT2D eigenvalue weighted by Crippen LogP contribution is -2.37. The molecule has 0 aliphatic rings. The summed E-state index contributed by atoms with van der Waals surface area (Å²) in [6.45, 7) is 1.68. The predicted octanol–water partition coefficient (Wildman–Crippen LogP) is 2.90. The maximum Gasteiger partial charge on any atom is 0.338 e. The number of carbonyl (C=O) groups excluding carboxylic acids is 2. The number of hydrogen-bond donors (Lipinski definition) is 0. The highest BCUT2D eigenvalue weighted by Crippen LogP contribution is 2.10. The number of benzene rings is 2. The normalized spacial score (nSPS) is 11.3. The van der Waals surface area contributed by atoms with Crippen molar-refractivity contribution in [2.24, 2.45) is 0 Å². The van der Waals surface area contributed by atoms with Crippen LogP contribution in [0.5, 0.6) is 0 Å². The minimum absolute atomic E-state index is 0.204. The number of carbonyl (C=O) groups is 2. The summed E-state index contributed by atoms with van der Waals surface area (Å²) < 4.78 is 18.4. The summed E-state index contributed by atoms with van der Waals surface area (Å²) in [5, 5.41) is 8.74. The van der Waals surface area contributed by atoms with Crippen LogP contribution in [0.2, 0.25) is 0 Å². The lowest BCUT2D eigenvalue weighted by molar-refractivity contribution is -0.139. The van der Waals surface area contributed by atoms with Crippen LogP contribution in [0, 0.1) is 17.1 Å². The molecule has 0 heterocycles. The van der Waals surface area contributed by atoms with Gasteiger partial charge in [0.1, 0.15) is 5.82 Å². The molecule has 0 saturated heterocycles. The van der Waals surface area contributed by atoms with Crippen LogP contribution in [0.4, 0.5) is 4.39 Å². The first-order valence-electron chi connectivity index (χ1n) is 7.61. The van der Waals surface area contributed by atoms with E-state index in [0.29, 0.717) is 11.1 Å². The van der Waals surface area contributed by atoms with E-state index in [1.807, 2.05) is 6.07 Å². The Kier molecular flexibility index (Phi) is 5.85. The van der Waals surface area contributed by atoms with Gasteiger partial charge in [0.05, 0.1) is 17.2 Å². The van der Waals surface area contributed by atoms with Crippen LogP contribution in [-0.4, -0.2) is 29.9 Å². The minimum Gasteiger partial charge on any atom is -0.449 e. The van der Waals surface area contributed by atoms with Crippen molar-refractivity contribution >= 4 is 11.9 Å². The van der Waals surface area contributed by atoms with Crippen molar-refractivity contribution in [3.63, 3.8) is 0 Å². The highest BCUT2D eigenvalue weighted by molar-refractivity contribution is 5.92. The van der Waals surface area contributed by atoms with Gasteiger partial charge in [-0.2, -0.15) is 5.26 Å². The molecule has 0 radical (unpaired) electrons. The fourth-order valence-electron chi connectivity index (χ4n) is 2.26. The molecular weight excluding hydrogens is 323 g/mol. The molecular formula is C19H17FN2O3. The lowest BCUT2D eigenvalue weighted by Gasteiger charge is -2.21. The molecule has 0 N–H and O–H groups in total. The molecule has 128 valence electrons. The third-order valence-corrected chi connectivity index (χ3v) is 3.57. The number of esters is 1. The Morgan fingerprint density at radius 2 is 1.92 bits per heavy atom. The maximum absolute atomic E-state index is 13.2. The van der Waals surface area contributed by atoms with Crippen LogP contribution in [0.1, 0.15) is 28.4 Å². The molecule has 0 aromatic heterocycles. The van der Waals surface area contributed by atoms with Gasteiger partial charge in [-0.3, -0.25) is 4.79 Å². The summed E-state index contributed by atoms with van der Waals surface area (Å²) in [6.07, 6.45) is -0.985. The summed E-state index contributed by atoms with van der Waals surface area (Å²) in [5.41, 5.74) is 1.32. The molecule has 0 saturated carbocycles. The number of halogens is 1. The standard InChI is InChI=1S/C19H17FN2O3/c1-13(25-19(24)16-8-6-14(11-21)7-9-16)18(23)22(2)12-15-4-3-5-17(20)10-15/h3-10,13H,12H2,1-2H3. The van der Waals surface area contributed by atoms with Gasteiger partial charge in [0.15, 0.2) is 6.10 Å². The zero-order valence-electron chi connectivity index (χ0n) is 13.9. The Morgan fingerprint density at radius 3 is 2.52 bits per heavy atom. The van der Waals surface area contributed by atoms with E-state index in [1.165, 1.54) is 48.2 Å². The SMILES string of the molecule is CC(OC(=O)c1ccc(C#N)cc1)C(=O)N(C)Cc1cccc(F)c1. The number of amides is 1. The molecule has 2 aromatic carbocycles. The molecule has 0 aliphatic carbocycles. The zero-order valence-corrected chi connectivity index (χ0v) is 13.9. The van der Waals surface area contributed by atoms with E-state index in [1.54, 1.807) is 19.2 Å². The monoisotopic (exact) mass is 340 g/mol. The Hall–Kier alpha value is -3.20. The van der Waals surface area contributed by atoms with Crippen molar-refractivity contribution in [1.82, 2.24) is 4.90 Å². The Morgan fingerprint density at radius 1 is 1.24 bits per heavy atom. The average Bonchev–Trinajstić information content (AvgIpc) is 2.61. The average molecular weight is 340 g/mol. The van der Waals surface area contributed by atoms with Crippen LogP contribution in [0.3, 0.4) is 0 Å². The highest BCUT2D eigenvalue weighted by Gasteiger charge is 2.22. The number of rotatable bonds is 5. The maximum atomic E-state index is 13.2. The van der Waals surface area contributed by atoms with Crippen LogP contribution >= 0.6 is 0 Å². The van der Waals surface area contributed by atoms with Gasteiger partial charge >= 0.3 is 5.97 Å². The number of nitriles is 1. The molecule has 2 rings (SSSR count). The molecule has 0 spiro atoms. The van der Waals surface area contributed by atoms with Crippen molar-refractivity contribution in [2.45, 2.75) is 19.6 Å². The number of ether oxygens (including phenoxy) is 1. The number of hydrogen-bond acceptors (Lipinski definition) is 4. The second kappa shape index (κ2) is 8.06. The van der Waals surface area contributed by atoms with Crippen LogP contribution in [-0.2, 0) is 16.1 Å². The lowest BCUT2D eigenvalue weighted by atomic mass is 10.1. The predicted molar refractivity (Wildman–Crippen MR) is 88.9 cm³/mol. The van der Waals surface area contributed by atoms with Gasteiger partial charge in [-0.15, -0.1) is 0 Å². The summed E-state index contributed by atoms with van der Waals surface area (Å²) in [4.78, 5) is 25.7. The van der Waals surface area contributed by atoms with Crippen molar-refractivity contribution < 1.29 is 18.7 Å². The fraction of sp³-hybridized carbons (Fsp3) is 0.211. The van der Waals surface area contributed by atoms with Crippen molar-refractivity contribution in [2.75, 3.05) is 7.05 Å². The van der Waals surface area contributed by atoms with Crippen LogP contribution < -0.4 is 0 Å². The smallest absolute Gasteiger partial charge is 0.338 e. The Bertz CT molecular complexity index is 812. The van der Waals surface area contributed by atoms with E-state index < -0.39 is 18.0 Å². The third kappa shape index (κ3) is 4.88. The molecule has 5 nitrogen and oxygen atoms in total. The quantitative estimate of drug-likeness (QED) is 0.785. The summed E-state index contributed by atoms with van der Waals surface area (Å²) in [5.74, 6) is -1.42.